The number of anilines is 1. The fourth-order valence-electron chi connectivity index (χ4n) is 1.81. The van der Waals surface area contributed by atoms with Crippen LogP contribution in [0, 0.1) is 0 Å². The molecule has 96 valence electrons. The van der Waals surface area contributed by atoms with E-state index in [1.54, 1.807) is 17.4 Å². The number of benzene rings is 1. The Kier molecular flexibility index (Phi) is 4.67. The Morgan fingerprint density at radius 3 is 2.78 bits per heavy atom. The summed E-state index contributed by atoms with van der Waals surface area (Å²) in [6, 6.07) is 7.70. The molecule has 18 heavy (non-hydrogen) atoms. The van der Waals surface area contributed by atoms with Crippen molar-refractivity contribution in [2.45, 2.75) is 13.2 Å². The van der Waals surface area contributed by atoms with Crippen LogP contribution in [0.4, 0.5) is 5.69 Å². The van der Waals surface area contributed by atoms with Gasteiger partial charge in [0.2, 0.25) is 0 Å². The number of rotatable bonds is 4. The summed E-state index contributed by atoms with van der Waals surface area (Å²) in [6.07, 6.45) is 0. The van der Waals surface area contributed by atoms with Crippen LogP contribution in [0.2, 0.25) is 5.02 Å². The van der Waals surface area contributed by atoms with Gasteiger partial charge in [0.15, 0.2) is 0 Å². The highest BCUT2D eigenvalue weighted by molar-refractivity contribution is 9.10. The van der Waals surface area contributed by atoms with Crippen molar-refractivity contribution in [3.8, 4) is 0 Å². The van der Waals surface area contributed by atoms with Gasteiger partial charge in [-0.05, 0) is 40.2 Å². The average Bonchev–Trinajstić information content (AvgIpc) is 2.74. The lowest BCUT2D eigenvalue weighted by atomic mass is 10.1. The Hall–Kier alpha value is -0.550. The van der Waals surface area contributed by atoms with Crippen molar-refractivity contribution in [2.24, 2.45) is 0 Å². The van der Waals surface area contributed by atoms with Crippen molar-refractivity contribution in [1.82, 2.24) is 0 Å². The average molecular weight is 347 g/mol. The molecular weight excluding hydrogens is 334 g/mol. The van der Waals surface area contributed by atoms with Gasteiger partial charge in [0.1, 0.15) is 0 Å². The third-order valence-corrected chi connectivity index (χ3v) is 4.56. The van der Waals surface area contributed by atoms with Gasteiger partial charge in [0.05, 0.1) is 13.2 Å². The molecule has 1 N–H and O–H groups in total. The molecule has 0 atom stereocenters. The van der Waals surface area contributed by atoms with Crippen molar-refractivity contribution < 1.29 is 5.11 Å². The molecule has 2 aromatic rings. The second-order valence-corrected chi connectivity index (χ2v) is 6.37. The van der Waals surface area contributed by atoms with Crippen LogP contribution >= 0.6 is 38.9 Å². The minimum atomic E-state index is -0.00559. The van der Waals surface area contributed by atoms with Crippen LogP contribution in [0.25, 0.3) is 0 Å². The highest BCUT2D eigenvalue weighted by atomic mass is 79.9. The molecule has 0 unspecified atom stereocenters. The lowest BCUT2D eigenvalue weighted by Gasteiger charge is -2.21. The number of aliphatic hydroxyl groups is 1. The van der Waals surface area contributed by atoms with Crippen LogP contribution in [0.5, 0.6) is 0 Å². The molecule has 1 aromatic heterocycles. The van der Waals surface area contributed by atoms with Crippen molar-refractivity contribution in [3.63, 3.8) is 0 Å². The van der Waals surface area contributed by atoms with Gasteiger partial charge in [-0.25, -0.2) is 0 Å². The standard InChI is InChI=1S/C13H13BrClNOS/c1-16(6-12-5-10(14)8-18-12)13-3-2-11(15)4-9(13)7-17/h2-5,8,17H,6-7H2,1H3. The summed E-state index contributed by atoms with van der Waals surface area (Å²) >= 11 is 11.1. The number of hydrogen-bond donors (Lipinski definition) is 1. The zero-order valence-electron chi connectivity index (χ0n) is 9.86. The Labute approximate surface area is 124 Å². The number of halogens is 2. The monoisotopic (exact) mass is 345 g/mol. The predicted molar refractivity (Wildman–Crippen MR) is 81.5 cm³/mol. The molecule has 0 amide bonds. The maximum absolute atomic E-state index is 9.37. The smallest absolute Gasteiger partial charge is 0.0702 e. The van der Waals surface area contributed by atoms with Crippen LogP contribution in [0.3, 0.4) is 0 Å². The third kappa shape index (κ3) is 3.26. The zero-order valence-corrected chi connectivity index (χ0v) is 13.0. The zero-order chi connectivity index (χ0) is 13.1. The van der Waals surface area contributed by atoms with E-state index in [-0.39, 0.29) is 6.61 Å². The minimum absolute atomic E-state index is 0.00559. The van der Waals surface area contributed by atoms with Gasteiger partial charge in [0, 0.05) is 38.1 Å². The van der Waals surface area contributed by atoms with Gasteiger partial charge in [-0.3, -0.25) is 0 Å². The molecular formula is C13H13BrClNOS. The molecule has 0 spiro atoms. The molecule has 2 rings (SSSR count). The molecule has 0 saturated heterocycles. The van der Waals surface area contributed by atoms with E-state index in [9.17, 15) is 5.11 Å². The number of nitrogens with zero attached hydrogens (tertiary/aromatic N) is 1. The summed E-state index contributed by atoms with van der Waals surface area (Å²) in [6.45, 7) is 0.805. The first-order valence-corrected chi connectivity index (χ1v) is 7.48. The lowest BCUT2D eigenvalue weighted by molar-refractivity contribution is 0.282. The van der Waals surface area contributed by atoms with Crippen LogP contribution in [-0.2, 0) is 13.2 Å². The molecule has 1 heterocycles. The number of hydrogen-bond acceptors (Lipinski definition) is 3. The summed E-state index contributed by atoms with van der Waals surface area (Å²) in [5.41, 5.74) is 1.85. The van der Waals surface area contributed by atoms with Crippen LogP contribution in [0.15, 0.2) is 34.1 Å². The Morgan fingerprint density at radius 1 is 1.39 bits per heavy atom. The fraction of sp³-hybridized carbons (Fsp3) is 0.231. The lowest BCUT2D eigenvalue weighted by Crippen LogP contribution is -2.17. The van der Waals surface area contributed by atoms with E-state index in [1.807, 2.05) is 19.2 Å². The Balaban J connectivity index is 2.20. The number of thiophene rings is 1. The van der Waals surface area contributed by atoms with Gasteiger partial charge in [0.25, 0.3) is 0 Å². The first-order valence-electron chi connectivity index (χ1n) is 5.43. The minimum Gasteiger partial charge on any atom is -0.392 e. The second kappa shape index (κ2) is 6.06. The quantitative estimate of drug-likeness (QED) is 0.892. The molecule has 2 nitrogen and oxygen atoms in total. The highest BCUT2D eigenvalue weighted by Crippen LogP contribution is 2.27. The van der Waals surface area contributed by atoms with E-state index in [0.29, 0.717) is 5.02 Å². The van der Waals surface area contributed by atoms with E-state index in [0.717, 1.165) is 22.3 Å². The van der Waals surface area contributed by atoms with Gasteiger partial charge < -0.3 is 10.0 Å². The first kappa shape index (κ1) is 13.9. The summed E-state index contributed by atoms with van der Waals surface area (Å²) < 4.78 is 1.11. The van der Waals surface area contributed by atoms with Crippen molar-refractivity contribution in [1.29, 1.82) is 0 Å². The van der Waals surface area contributed by atoms with E-state index in [4.69, 9.17) is 11.6 Å². The summed E-state index contributed by atoms with van der Waals surface area (Å²) in [4.78, 5) is 3.38. The molecule has 5 heteroatoms. The van der Waals surface area contributed by atoms with Gasteiger partial charge in [-0.1, -0.05) is 11.6 Å². The van der Waals surface area contributed by atoms with Gasteiger partial charge in [-0.15, -0.1) is 11.3 Å². The second-order valence-electron chi connectivity index (χ2n) is 4.02. The number of aliphatic hydroxyl groups excluding tert-OH is 1. The Bertz CT molecular complexity index is 544. The van der Waals surface area contributed by atoms with Gasteiger partial charge in [-0.2, -0.15) is 0 Å². The maximum Gasteiger partial charge on any atom is 0.0702 e. The summed E-state index contributed by atoms with van der Waals surface area (Å²) in [7, 11) is 2.01. The largest absolute Gasteiger partial charge is 0.392 e. The molecule has 1 aromatic carbocycles. The van der Waals surface area contributed by atoms with Crippen molar-refractivity contribution in [2.75, 3.05) is 11.9 Å². The summed E-state index contributed by atoms with van der Waals surface area (Å²) in [5, 5.41) is 12.1. The molecule has 0 fully saturated rings. The van der Waals surface area contributed by atoms with Crippen LogP contribution in [-0.4, -0.2) is 12.2 Å². The fourth-order valence-corrected chi connectivity index (χ4v) is 3.51. The Morgan fingerprint density at radius 2 is 2.17 bits per heavy atom. The SMILES string of the molecule is CN(Cc1cc(Br)cs1)c1ccc(Cl)cc1CO. The van der Waals surface area contributed by atoms with Crippen molar-refractivity contribution in [3.05, 3.63) is 49.6 Å². The molecule has 0 aliphatic heterocycles. The van der Waals surface area contributed by atoms with E-state index < -0.39 is 0 Å². The molecule has 0 aliphatic rings. The first-order chi connectivity index (χ1) is 8.60. The normalized spacial score (nSPS) is 10.7. The summed E-state index contributed by atoms with van der Waals surface area (Å²) in [5.74, 6) is 0. The third-order valence-electron chi connectivity index (χ3n) is 2.64. The van der Waals surface area contributed by atoms with E-state index in [2.05, 4.69) is 32.3 Å². The van der Waals surface area contributed by atoms with Crippen LogP contribution in [0.1, 0.15) is 10.4 Å². The van der Waals surface area contributed by atoms with E-state index in [1.165, 1.54) is 4.88 Å². The predicted octanol–water partition coefficient (Wildman–Crippen LogP) is 4.29. The van der Waals surface area contributed by atoms with E-state index >= 15 is 0 Å². The molecule has 0 radical (unpaired) electrons. The molecule has 0 aliphatic carbocycles. The van der Waals surface area contributed by atoms with Gasteiger partial charge >= 0.3 is 0 Å². The highest BCUT2D eigenvalue weighted by Gasteiger charge is 2.09. The maximum atomic E-state index is 9.37. The topological polar surface area (TPSA) is 23.5 Å². The van der Waals surface area contributed by atoms with Crippen molar-refractivity contribution >= 4 is 44.6 Å². The van der Waals surface area contributed by atoms with Crippen LogP contribution < -0.4 is 4.90 Å². The molecule has 0 bridgehead atoms. The molecule has 0 saturated carbocycles.